The summed E-state index contributed by atoms with van der Waals surface area (Å²) in [5.41, 5.74) is 1.36. The van der Waals surface area contributed by atoms with E-state index in [0.29, 0.717) is 12.1 Å². The van der Waals surface area contributed by atoms with Gasteiger partial charge in [0.05, 0.1) is 6.61 Å². The van der Waals surface area contributed by atoms with Crippen molar-refractivity contribution >= 4 is 0 Å². The van der Waals surface area contributed by atoms with Gasteiger partial charge in [-0.15, -0.1) is 0 Å². The smallest absolute Gasteiger partial charge is 0.0615 e. The summed E-state index contributed by atoms with van der Waals surface area (Å²) in [6.45, 7) is 7.16. The van der Waals surface area contributed by atoms with Gasteiger partial charge in [-0.25, -0.2) is 0 Å². The van der Waals surface area contributed by atoms with E-state index in [1.165, 1.54) is 5.56 Å². The lowest BCUT2D eigenvalue weighted by atomic mass is 10.0. The average molecular weight is 250 g/mol. The van der Waals surface area contributed by atoms with E-state index >= 15 is 0 Å². The van der Waals surface area contributed by atoms with Crippen molar-refractivity contribution in [2.45, 2.75) is 25.9 Å². The molecule has 0 aromatic heterocycles. The highest BCUT2D eigenvalue weighted by atomic mass is 16.5. The molecule has 18 heavy (non-hydrogen) atoms. The molecule has 102 valence electrons. The molecule has 0 aliphatic heterocycles. The van der Waals surface area contributed by atoms with Gasteiger partial charge in [-0.1, -0.05) is 37.3 Å². The number of benzene rings is 1. The third-order valence-electron chi connectivity index (χ3n) is 3.32. The summed E-state index contributed by atoms with van der Waals surface area (Å²) < 4.78 is 5.29. The summed E-state index contributed by atoms with van der Waals surface area (Å²) in [5.74, 6) is 0. The van der Waals surface area contributed by atoms with Crippen LogP contribution in [0.3, 0.4) is 0 Å². The van der Waals surface area contributed by atoms with E-state index in [2.05, 4.69) is 54.4 Å². The van der Waals surface area contributed by atoms with Gasteiger partial charge in [0.15, 0.2) is 0 Å². The molecule has 0 aliphatic rings. The molecule has 1 rings (SSSR count). The first-order valence-corrected chi connectivity index (χ1v) is 6.68. The van der Waals surface area contributed by atoms with Crippen molar-refractivity contribution in [2.75, 3.05) is 33.9 Å². The Balaban J connectivity index is 2.87. The van der Waals surface area contributed by atoms with Gasteiger partial charge >= 0.3 is 0 Å². The highest BCUT2D eigenvalue weighted by Gasteiger charge is 2.22. The van der Waals surface area contributed by atoms with Gasteiger partial charge in [0.2, 0.25) is 0 Å². The van der Waals surface area contributed by atoms with E-state index in [1.807, 2.05) is 7.05 Å². The summed E-state index contributed by atoms with van der Waals surface area (Å²) in [6.07, 6.45) is 0. The van der Waals surface area contributed by atoms with Crippen LogP contribution in [0.5, 0.6) is 0 Å². The van der Waals surface area contributed by atoms with Crippen molar-refractivity contribution in [3.05, 3.63) is 35.9 Å². The molecule has 0 aliphatic carbocycles. The molecule has 3 nitrogen and oxygen atoms in total. The normalized spacial score (nSPS) is 14.7. The maximum Gasteiger partial charge on any atom is 0.0615 e. The average Bonchev–Trinajstić information content (AvgIpc) is 2.40. The minimum atomic E-state index is 0.395. The molecule has 0 saturated heterocycles. The maximum atomic E-state index is 5.29. The van der Waals surface area contributed by atoms with Crippen LogP contribution in [0.25, 0.3) is 0 Å². The van der Waals surface area contributed by atoms with Crippen LogP contribution < -0.4 is 5.32 Å². The third kappa shape index (κ3) is 4.09. The van der Waals surface area contributed by atoms with Crippen molar-refractivity contribution in [1.29, 1.82) is 0 Å². The Morgan fingerprint density at radius 3 is 2.44 bits per heavy atom. The Hall–Kier alpha value is -0.900. The van der Waals surface area contributed by atoms with Gasteiger partial charge < -0.3 is 10.1 Å². The summed E-state index contributed by atoms with van der Waals surface area (Å²) in [5, 5.41) is 3.30. The number of ether oxygens (including phenoxy) is 1. The number of hydrogen-bond acceptors (Lipinski definition) is 3. The second kappa shape index (κ2) is 8.25. The number of likely N-dealkylation sites (N-methyl/N-ethyl adjacent to an activating group) is 2. The fourth-order valence-electron chi connectivity index (χ4n) is 2.47. The SMILES string of the molecule is CCN(C(C)COC)C(CNC)c1ccccc1. The zero-order valence-electron chi connectivity index (χ0n) is 12.0. The molecule has 3 heteroatoms. The first-order valence-electron chi connectivity index (χ1n) is 6.68. The Morgan fingerprint density at radius 2 is 1.94 bits per heavy atom. The van der Waals surface area contributed by atoms with Crippen LogP contribution in [-0.2, 0) is 4.74 Å². The van der Waals surface area contributed by atoms with Crippen molar-refractivity contribution in [3.8, 4) is 0 Å². The van der Waals surface area contributed by atoms with E-state index < -0.39 is 0 Å². The molecule has 1 aromatic carbocycles. The number of rotatable bonds is 8. The van der Waals surface area contributed by atoms with Crippen LogP contribution in [0.4, 0.5) is 0 Å². The fourth-order valence-corrected chi connectivity index (χ4v) is 2.47. The highest BCUT2D eigenvalue weighted by molar-refractivity contribution is 5.19. The third-order valence-corrected chi connectivity index (χ3v) is 3.32. The van der Waals surface area contributed by atoms with Crippen LogP contribution >= 0.6 is 0 Å². The summed E-state index contributed by atoms with van der Waals surface area (Å²) in [7, 11) is 3.77. The lowest BCUT2D eigenvalue weighted by Crippen LogP contribution is -2.42. The molecule has 0 fully saturated rings. The van der Waals surface area contributed by atoms with Crippen LogP contribution in [0.1, 0.15) is 25.5 Å². The van der Waals surface area contributed by atoms with Gasteiger partial charge in [0, 0.05) is 25.7 Å². The van der Waals surface area contributed by atoms with E-state index in [9.17, 15) is 0 Å². The molecular formula is C15H26N2O. The predicted octanol–water partition coefficient (Wildman–Crippen LogP) is 2.30. The van der Waals surface area contributed by atoms with Crippen molar-refractivity contribution in [2.24, 2.45) is 0 Å². The quantitative estimate of drug-likeness (QED) is 0.766. The molecule has 0 amide bonds. The molecule has 0 spiro atoms. The highest BCUT2D eigenvalue weighted by Crippen LogP contribution is 2.22. The zero-order valence-corrected chi connectivity index (χ0v) is 12.0. The minimum absolute atomic E-state index is 0.395. The Kier molecular flexibility index (Phi) is 6.94. The lowest BCUT2D eigenvalue weighted by molar-refractivity contribution is 0.0729. The number of nitrogens with zero attached hydrogens (tertiary/aromatic N) is 1. The molecule has 0 bridgehead atoms. The minimum Gasteiger partial charge on any atom is -0.383 e. The Labute approximate surface area is 111 Å². The van der Waals surface area contributed by atoms with Gasteiger partial charge in [-0.2, -0.15) is 0 Å². The second-order valence-corrected chi connectivity index (χ2v) is 4.62. The van der Waals surface area contributed by atoms with E-state index in [1.54, 1.807) is 7.11 Å². The van der Waals surface area contributed by atoms with E-state index in [0.717, 1.165) is 19.7 Å². The van der Waals surface area contributed by atoms with Crippen LogP contribution in [0.2, 0.25) is 0 Å². The van der Waals surface area contributed by atoms with Crippen LogP contribution in [-0.4, -0.2) is 44.8 Å². The largest absolute Gasteiger partial charge is 0.383 e. The molecule has 0 radical (unpaired) electrons. The summed E-state index contributed by atoms with van der Waals surface area (Å²) in [4.78, 5) is 2.48. The number of hydrogen-bond donors (Lipinski definition) is 1. The molecule has 0 saturated carbocycles. The molecule has 1 N–H and O–H groups in total. The molecule has 2 unspecified atom stereocenters. The standard InChI is InChI=1S/C15H26N2O/c1-5-17(13(2)12-18-4)15(11-16-3)14-9-7-6-8-10-14/h6-10,13,15-16H,5,11-12H2,1-4H3. The fraction of sp³-hybridized carbons (Fsp3) is 0.600. The monoisotopic (exact) mass is 250 g/mol. The number of methoxy groups -OCH3 is 1. The Bertz CT molecular complexity index is 316. The first kappa shape index (κ1) is 15.2. The van der Waals surface area contributed by atoms with Crippen LogP contribution in [0.15, 0.2) is 30.3 Å². The predicted molar refractivity (Wildman–Crippen MR) is 76.8 cm³/mol. The van der Waals surface area contributed by atoms with E-state index in [-0.39, 0.29) is 0 Å². The van der Waals surface area contributed by atoms with Crippen molar-refractivity contribution < 1.29 is 4.74 Å². The Morgan fingerprint density at radius 1 is 1.28 bits per heavy atom. The maximum absolute atomic E-state index is 5.29. The van der Waals surface area contributed by atoms with Crippen molar-refractivity contribution in [3.63, 3.8) is 0 Å². The summed E-state index contributed by atoms with van der Waals surface area (Å²) >= 11 is 0. The topological polar surface area (TPSA) is 24.5 Å². The van der Waals surface area contributed by atoms with Gasteiger partial charge in [0.25, 0.3) is 0 Å². The number of nitrogens with one attached hydrogen (secondary N) is 1. The molecule has 0 heterocycles. The van der Waals surface area contributed by atoms with Crippen LogP contribution in [0, 0.1) is 0 Å². The first-order chi connectivity index (χ1) is 8.74. The van der Waals surface area contributed by atoms with Gasteiger partial charge in [-0.3, -0.25) is 4.90 Å². The van der Waals surface area contributed by atoms with Gasteiger partial charge in [0.1, 0.15) is 0 Å². The lowest BCUT2D eigenvalue weighted by Gasteiger charge is -2.35. The molecule has 2 atom stereocenters. The van der Waals surface area contributed by atoms with Crippen molar-refractivity contribution in [1.82, 2.24) is 10.2 Å². The van der Waals surface area contributed by atoms with Gasteiger partial charge in [-0.05, 0) is 26.1 Å². The van der Waals surface area contributed by atoms with E-state index in [4.69, 9.17) is 4.74 Å². The second-order valence-electron chi connectivity index (χ2n) is 4.62. The summed E-state index contributed by atoms with van der Waals surface area (Å²) in [6, 6.07) is 11.5. The molecule has 1 aromatic rings. The zero-order chi connectivity index (χ0) is 13.4. The molecular weight excluding hydrogens is 224 g/mol.